The molecule has 0 atom stereocenters. The molecule has 24 heavy (non-hydrogen) atoms. The Labute approximate surface area is 142 Å². The summed E-state index contributed by atoms with van der Waals surface area (Å²) in [5, 5.41) is 0. The number of nitrogens with zero attached hydrogens (tertiary/aromatic N) is 2. The standard InChI is InChI=1S/C18H24N2O4/c1-13(2)9-19(17(23)11-21)15-5-7-16(8-6-15)20(10-14(3)4)18(24)12-22/h5-8,11-14H,9-10H2,1-4H3. The number of amides is 2. The molecule has 1 rings (SSSR count). The molecule has 2 amide bonds. The molecule has 0 aliphatic heterocycles. The average molecular weight is 332 g/mol. The van der Waals surface area contributed by atoms with E-state index in [1.807, 2.05) is 27.7 Å². The van der Waals surface area contributed by atoms with E-state index in [0.717, 1.165) is 0 Å². The Balaban J connectivity index is 3.11. The molecule has 6 heteroatoms. The van der Waals surface area contributed by atoms with E-state index in [-0.39, 0.29) is 24.4 Å². The van der Waals surface area contributed by atoms with Gasteiger partial charge in [-0.3, -0.25) is 19.2 Å². The van der Waals surface area contributed by atoms with Crippen molar-refractivity contribution < 1.29 is 19.2 Å². The van der Waals surface area contributed by atoms with E-state index in [2.05, 4.69) is 0 Å². The van der Waals surface area contributed by atoms with Gasteiger partial charge in [0.05, 0.1) is 0 Å². The summed E-state index contributed by atoms with van der Waals surface area (Å²) in [7, 11) is 0. The third-order valence-corrected chi connectivity index (χ3v) is 3.30. The predicted octanol–water partition coefficient (Wildman–Crippen LogP) is 2.06. The number of hydrogen-bond acceptors (Lipinski definition) is 4. The molecule has 0 unspecified atom stereocenters. The summed E-state index contributed by atoms with van der Waals surface area (Å²) in [6.45, 7) is 8.64. The number of aldehydes is 2. The predicted molar refractivity (Wildman–Crippen MR) is 93.0 cm³/mol. The minimum atomic E-state index is -0.612. The highest BCUT2D eigenvalue weighted by Gasteiger charge is 2.19. The van der Waals surface area contributed by atoms with Gasteiger partial charge in [0.25, 0.3) is 11.8 Å². The lowest BCUT2D eigenvalue weighted by molar-refractivity contribution is -0.129. The molecule has 0 radical (unpaired) electrons. The molecule has 0 aliphatic rings. The van der Waals surface area contributed by atoms with Gasteiger partial charge >= 0.3 is 0 Å². The van der Waals surface area contributed by atoms with Crippen LogP contribution in [0, 0.1) is 11.8 Å². The third kappa shape index (κ3) is 5.30. The number of carbonyl (C=O) groups is 4. The molecular formula is C18H24N2O4. The van der Waals surface area contributed by atoms with E-state index in [0.29, 0.717) is 24.5 Å². The molecule has 0 N–H and O–H groups in total. The van der Waals surface area contributed by atoms with Crippen LogP contribution in [-0.4, -0.2) is 37.5 Å². The number of benzene rings is 1. The molecule has 1 aromatic rings. The van der Waals surface area contributed by atoms with Gasteiger partial charge in [0.2, 0.25) is 12.6 Å². The molecule has 1 aromatic carbocycles. The van der Waals surface area contributed by atoms with Crippen LogP contribution in [0.25, 0.3) is 0 Å². The van der Waals surface area contributed by atoms with Crippen molar-refractivity contribution in [3.63, 3.8) is 0 Å². The Morgan fingerprint density at radius 2 is 1.08 bits per heavy atom. The van der Waals surface area contributed by atoms with Crippen molar-refractivity contribution in [2.24, 2.45) is 11.8 Å². The van der Waals surface area contributed by atoms with Gasteiger partial charge in [0, 0.05) is 24.5 Å². The summed E-state index contributed by atoms with van der Waals surface area (Å²) in [4.78, 5) is 48.1. The first kappa shape index (κ1) is 19.5. The van der Waals surface area contributed by atoms with E-state index in [9.17, 15) is 19.2 Å². The Kier molecular flexibility index (Phi) is 7.30. The molecule has 0 aliphatic carbocycles. The van der Waals surface area contributed by atoms with Crippen LogP contribution in [0.1, 0.15) is 27.7 Å². The number of anilines is 2. The number of carbonyl (C=O) groups excluding carboxylic acids is 4. The number of hydrogen-bond donors (Lipinski definition) is 0. The van der Waals surface area contributed by atoms with Crippen LogP contribution in [0.2, 0.25) is 0 Å². The van der Waals surface area contributed by atoms with Gasteiger partial charge in [-0.15, -0.1) is 0 Å². The quantitative estimate of drug-likeness (QED) is 0.539. The zero-order valence-corrected chi connectivity index (χ0v) is 14.6. The van der Waals surface area contributed by atoms with Crippen LogP contribution in [-0.2, 0) is 19.2 Å². The first-order valence-corrected chi connectivity index (χ1v) is 7.93. The fourth-order valence-electron chi connectivity index (χ4n) is 2.32. The Morgan fingerprint density at radius 1 is 0.792 bits per heavy atom. The second kappa shape index (κ2) is 8.96. The Hall–Kier alpha value is -2.50. The number of rotatable bonds is 8. The van der Waals surface area contributed by atoms with Gasteiger partial charge in [-0.1, -0.05) is 27.7 Å². The minimum Gasteiger partial charge on any atom is -0.306 e. The van der Waals surface area contributed by atoms with E-state index in [1.165, 1.54) is 9.80 Å². The molecular weight excluding hydrogens is 308 g/mol. The second-order valence-electron chi connectivity index (χ2n) is 6.44. The lowest BCUT2D eigenvalue weighted by atomic mass is 10.1. The molecule has 130 valence electrons. The summed E-state index contributed by atoms with van der Waals surface area (Å²) < 4.78 is 0. The average Bonchev–Trinajstić information content (AvgIpc) is 2.56. The molecule has 6 nitrogen and oxygen atoms in total. The first-order valence-electron chi connectivity index (χ1n) is 7.93. The Bertz CT molecular complexity index is 541. The normalized spacial score (nSPS) is 10.6. The van der Waals surface area contributed by atoms with Gasteiger partial charge in [0.15, 0.2) is 0 Å². The fraction of sp³-hybridized carbons (Fsp3) is 0.444. The highest BCUT2D eigenvalue weighted by molar-refractivity contribution is 6.31. The minimum absolute atomic E-state index is 0.197. The summed E-state index contributed by atoms with van der Waals surface area (Å²) in [6, 6.07) is 6.68. The summed E-state index contributed by atoms with van der Waals surface area (Å²) in [5.41, 5.74) is 1.15. The molecule has 0 spiro atoms. The van der Waals surface area contributed by atoms with Crippen molar-refractivity contribution in [3.8, 4) is 0 Å². The molecule has 0 aromatic heterocycles. The van der Waals surface area contributed by atoms with Crippen molar-refractivity contribution in [1.82, 2.24) is 0 Å². The summed E-state index contributed by atoms with van der Waals surface area (Å²) in [6.07, 6.45) is 0.578. The van der Waals surface area contributed by atoms with Crippen LogP contribution in [0.15, 0.2) is 24.3 Å². The van der Waals surface area contributed by atoms with Crippen molar-refractivity contribution >= 4 is 35.8 Å². The second-order valence-corrected chi connectivity index (χ2v) is 6.44. The van der Waals surface area contributed by atoms with Gasteiger partial charge in [-0.25, -0.2) is 0 Å². The lowest BCUT2D eigenvalue weighted by Crippen LogP contribution is -2.36. The SMILES string of the molecule is CC(C)CN(C(=O)C=O)c1ccc(N(CC(C)C)C(=O)C=O)cc1. The van der Waals surface area contributed by atoms with E-state index >= 15 is 0 Å². The van der Waals surface area contributed by atoms with E-state index in [4.69, 9.17) is 0 Å². The molecule has 0 heterocycles. The fourth-order valence-corrected chi connectivity index (χ4v) is 2.32. The maximum atomic E-state index is 11.8. The smallest absolute Gasteiger partial charge is 0.291 e. The van der Waals surface area contributed by atoms with E-state index in [1.54, 1.807) is 24.3 Å². The van der Waals surface area contributed by atoms with Gasteiger partial charge < -0.3 is 9.80 Å². The third-order valence-electron chi connectivity index (χ3n) is 3.30. The van der Waals surface area contributed by atoms with Gasteiger partial charge in [-0.2, -0.15) is 0 Å². The summed E-state index contributed by atoms with van der Waals surface area (Å²) >= 11 is 0. The zero-order chi connectivity index (χ0) is 18.3. The van der Waals surface area contributed by atoms with Crippen molar-refractivity contribution in [2.45, 2.75) is 27.7 Å². The first-order chi connectivity index (χ1) is 11.3. The van der Waals surface area contributed by atoms with Crippen LogP contribution in [0.5, 0.6) is 0 Å². The molecule has 0 saturated heterocycles. The maximum Gasteiger partial charge on any atom is 0.291 e. The molecule has 0 fully saturated rings. The molecule has 0 saturated carbocycles. The lowest BCUT2D eigenvalue weighted by Gasteiger charge is -2.25. The van der Waals surface area contributed by atoms with Crippen molar-refractivity contribution in [2.75, 3.05) is 22.9 Å². The van der Waals surface area contributed by atoms with Crippen LogP contribution in [0.4, 0.5) is 11.4 Å². The summed E-state index contributed by atoms with van der Waals surface area (Å²) in [5.74, 6) is -0.829. The zero-order valence-electron chi connectivity index (χ0n) is 14.6. The van der Waals surface area contributed by atoms with Crippen LogP contribution < -0.4 is 9.80 Å². The van der Waals surface area contributed by atoms with Crippen LogP contribution >= 0.6 is 0 Å². The monoisotopic (exact) mass is 332 g/mol. The highest BCUT2D eigenvalue weighted by atomic mass is 16.2. The van der Waals surface area contributed by atoms with E-state index < -0.39 is 11.8 Å². The Morgan fingerprint density at radius 3 is 1.29 bits per heavy atom. The largest absolute Gasteiger partial charge is 0.306 e. The topological polar surface area (TPSA) is 74.8 Å². The van der Waals surface area contributed by atoms with Crippen LogP contribution in [0.3, 0.4) is 0 Å². The molecule has 0 bridgehead atoms. The van der Waals surface area contributed by atoms with Crippen molar-refractivity contribution in [1.29, 1.82) is 0 Å². The maximum absolute atomic E-state index is 11.8. The van der Waals surface area contributed by atoms with Crippen molar-refractivity contribution in [3.05, 3.63) is 24.3 Å². The highest BCUT2D eigenvalue weighted by Crippen LogP contribution is 2.22. The van der Waals surface area contributed by atoms with Gasteiger partial charge in [0.1, 0.15) is 0 Å². The van der Waals surface area contributed by atoms with Gasteiger partial charge in [-0.05, 0) is 36.1 Å².